The molecule has 1 rings (SSSR count). The molecule has 1 aromatic rings. The van der Waals surface area contributed by atoms with E-state index in [2.05, 4.69) is 20.8 Å². The molecule has 0 aromatic heterocycles. The molecule has 118 valence electrons. The minimum Gasteiger partial charge on any atom is -0.490 e. The first-order valence-electron chi connectivity index (χ1n) is 7.91. The van der Waals surface area contributed by atoms with Crippen LogP contribution in [-0.4, -0.2) is 19.2 Å². The molecule has 1 atom stereocenters. The van der Waals surface area contributed by atoms with Crippen molar-refractivity contribution in [2.24, 2.45) is 11.8 Å². The summed E-state index contributed by atoms with van der Waals surface area (Å²) in [6.45, 7) is 7.28. The van der Waals surface area contributed by atoms with Crippen LogP contribution >= 0.6 is 0 Å². The Hall–Kier alpha value is -1.51. The van der Waals surface area contributed by atoms with Gasteiger partial charge in [0.1, 0.15) is 19.0 Å². The van der Waals surface area contributed by atoms with E-state index in [4.69, 9.17) is 9.47 Å². The molecule has 3 nitrogen and oxygen atoms in total. The van der Waals surface area contributed by atoms with E-state index in [1.54, 1.807) is 0 Å². The maximum atomic E-state index is 11.7. The molecule has 0 aliphatic carbocycles. The highest BCUT2D eigenvalue weighted by molar-refractivity contribution is 5.69. The SMILES string of the molecule is CC(C)CCCC(C)CC(=O)OCCOc1ccccc1. The molecular formula is C18H28O3. The van der Waals surface area contributed by atoms with E-state index >= 15 is 0 Å². The quantitative estimate of drug-likeness (QED) is 0.472. The van der Waals surface area contributed by atoms with Crippen LogP contribution in [0.1, 0.15) is 46.5 Å². The van der Waals surface area contributed by atoms with Gasteiger partial charge in [0.05, 0.1) is 0 Å². The molecule has 0 amide bonds. The van der Waals surface area contributed by atoms with Crippen LogP contribution in [0.15, 0.2) is 30.3 Å². The summed E-state index contributed by atoms with van der Waals surface area (Å²) in [4.78, 5) is 11.7. The summed E-state index contributed by atoms with van der Waals surface area (Å²) >= 11 is 0. The molecule has 21 heavy (non-hydrogen) atoms. The van der Waals surface area contributed by atoms with Crippen molar-refractivity contribution in [3.63, 3.8) is 0 Å². The molecule has 0 fully saturated rings. The van der Waals surface area contributed by atoms with E-state index in [1.165, 1.54) is 12.8 Å². The van der Waals surface area contributed by atoms with Gasteiger partial charge in [-0.25, -0.2) is 0 Å². The predicted molar refractivity (Wildman–Crippen MR) is 85.4 cm³/mol. The number of rotatable bonds is 10. The summed E-state index contributed by atoms with van der Waals surface area (Å²) in [6, 6.07) is 9.55. The highest BCUT2D eigenvalue weighted by Crippen LogP contribution is 2.15. The predicted octanol–water partition coefficient (Wildman–Crippen LogP) is 4.46. The molecule has 1 aromatic carbocycles. The van der Waals surface area contributed by atoms with Gasteiger partial charge in [-0.2, -0.15) is 0 Å². The highest BCUT2D eigenvalue weighted by Gasteiger charge is 2.10. The Bertz CT molecular complexity index is 387. The fourth-order valence-electron chi connectivity index (χ4n) is 2.15. The summed E-state index contributed by atoms with van der Waals surface area (Å²) in [5, 5.41) is 0. The lowest BCUT2D eigenvalue weighted by molar-refractivity contribution is -0.145. The van der Waals surface area contributed by atoms with Gasteiger partial charge in [-0.05, 0) is 24.0 Å². The Kier molecular flexibility index (Phi) is 8.56. The number of hydrogen-bond donors (Lipinski definition) is 0. The number of carbonyl (C=O) groups is 1. The largest absolute Gasteiger partial charge is 0.490 e. The van der Waals surface area contributed by atoms with Crippen molar-refractivity contribution in [2.45, 2.75) is 46.5 Å². The summed E-state index contributed by atoms with van der Waals surface area (Å²) < 4.78 is 10.7. The van der Waals surface area contributed by atoms with Crippen LogP contribution in [0.2, 0.25) is 0 Å². The van der Waals surface area contributed by atoms with E-state index in [-0.39, 0.29) is 5.97 Å². The molecule has 0 N–H and O–H groups in total. The van der Waals surface area contributed by atoms with E-state index < -0.39 is 0 Å². The first kappa shape index (κ1) is 17.5. The lowest BCUT2D eigenvalue weighted by Crippen LogP contribution is -2.14. The van der Waals surface area contributed by atoms with Gasteiger partial charge in [0.15, 0.2) is 0 Å². The first-order valence-corrected chi connectivity index (χ1v) is 7.91. The number of ether oxygens (including phenoxy) is 2. The zero-order valence-electron chi connectivity index (χ0n) is 13.5. The van der Waals surface area contributed by atoms with Crippen molar-refractivity contribution in [3.05, 3.63) is 30.3 Å². The molecule has 0 radical (unpaired) electrons. The molecule has 3 heteroatoms. The van der Waals surface area contributed by atoms with Crippen molar-refractivity contribution in [2.75, 3.05) is 13.2 Å². The van der Waals surface area contributed by atoms with Crippen molar-refractivity contribution in [1.29, 1.82) is 0 Å². The molecular weight excluding hydrogens is 264 g/mol. The van der Waals surface area contributed by atoms with Crippen LogP contribution in [0.5, 0.6) is 5.75 Å². The number of carbonyl (C=O) groups excluding carboxylic acids is 1. The Morgan fingerprint density at radius 2 is 1.76 bits per heavy atom. The van der Waals surface area contributed by atoms with Crippen LogP contribution in [-0.2, 0) is 9.53 Å². The van der Waals surface area contributed by atoms with E-state index in [0.29, 0.717) is 25.6 Å². The van der Waals surface area contributed by atoms with Gasteiger partial charge >= 0.3 is 5.97 Å². The van der Waals surface area contributed by atoms with Crippen molar-refractivity contribution >= 4 is 5.97 Å². The second kappa shape index (κ2) is 10.3. The third-order valence-corrected chi connectivity index (χ3v) is 3.35. The summed E-state index contributed by atoms with van der Waals surface area (Å²) in [7, 11) is 0. The number of para-hydroxylation sites is 1. The van der Waals surface area contributed by atoms with Crippen molar-refractivity contribution < 1.29 is 14.3 Å². The standard InChI is InChI=1S/C18H28O3/c1-15(2)8-7-9-16(3)14-18(19)21-13-12-20-17-10-5-4-6-11-17/h4-6,10-11,15-16H,7-9,12-14H2,1-3H3. The van der Waals surface area contributed by atoms with Crippen LogP contribution < -0.4 is 4.74 Å². The third kappa shape index (κ3) is 9.11. The Morgan fingerprint density at radius 1 is 1.05 bits per heavy atom. The zero-order valence-corrected chi connectivity index (χ0v) is 13.5. The van der Waals surface area contributed by atoms with Crippen molar-refractivity contribution in [1.82, 2.24) is 0 Å². The highest BCUT2D eigenvalue weighted by atomic mass is 16.6. The molecule has 1 unspecified atom stereocenters. The monoisotopic (exact) mass is 292 g/mol. The minimum atomic E-state index is -0.122. The van der Waals surface area contributed by atoms with Gasteiger partial charge in [-0.15, -0.1) is 0 Å². The smallest absolute Gasteiger partial charge is 0.306 e. The van der Waals surface area contributed by atoms with E-state index in [0.717, 1.165) is 18.1 Å². The molecule has 0 saturated carbocycles. The first-order chi connectivity index (χ1) is 10.1. The molecule has 0 saturated heterocycles. The van der Waals surface area contributed by atoms with Gasteiger partial charge in [-0.3, -0.25) is 4.79 Å². The fraction of sp³-hybridized carbons (Fsp3) is 0.611. The van der Waals surface area contributed by atoms with Gasteiger partial charge in [-0.1, -0.05) is 58.2 Å². The van der Waals surface area contributed by atoms with Gasteiger partial charge in [0.25, 0.3) is 0 Å². The van der Waals surface area contributed by atoms with Gasteiger partial charge in [0.2, 0.25) is 0 Å². The topological polar surface area (TPSA) is 35.5 Å². The van der Waals surface area contributed by atoms with Crippen molar-refractivity contribution in [3.8, 4) is 5.75 Å². The lowest BCUT2D eigenvalue weighted by Gasteiger charge is -2.12. The minimum absolute atomic E-state index is 0.122. The van der Waals surface area contributed by atoms with Crippen LogP contribution in [0, 0.1) is 11.8 Å². The molecule has 0 spiro atoms. The maximum absolute atomic E-state index is 11.7. The molecule has 0 aliphatic heterocycles. The van der Waals surface area contributed by atoms with E-state index in [1.807, 2.05) is 30.3 Å². The molecule has 0 heterocycles. The lowest BCUT2D eigenvalue weighted by atomic mass is 9.97. The van der Waals surface area contributed by atoms with E-state index in [9.17, 15) is 4.79 Å². The summed E-state index contributed by atoms with van der Waals surface area (Å²) in [5.74, 6) is 1.81. The normalized spacial score (nSPS) is 12.2. The number of esters is 1. The third-order valence-electron chi connectivity index (χ3n) is 3.35. The zero-order chi connectivity index (χ0) is 15.5. The average molecular weight is 292 g/mol. The van der Waals surface area contributed by atoms with Gasteiger partial charge in [0, 0.05) is 6.42 Å². The fourth-order valence-corrected chi connectivity index (χ4v) is 2.15. The second-order valence-electron chi connectivity index (χ2n) is 6.02. The Balaban J connectivity index is 2.05. The van der Waals surface area contributed by atoms with Crippen LogP contribution in [0.3, 0.4) is 0 Å². The molecule has 0 bridgehead atoms. The number of benzene rings is 1. The average Bonchev–Trinajstić information content (AvgIpc) is 2.44. The Labute approximate surface area is 128 Å². The maximum Gasteiger partial charge on any atom is 0.306 e. The summed E-state index contributed by atoms with van der Waals surface area (Å²) in [6.07, 6.45) is 4.00. The van der Waals surface area contributed by atoms with Crippen LogP contribution in [0.25, 0.3) is 0 Å². The number of hydrogen-bond acceptors (Lipinski definition) is 3. The van der Waals surface area contributed by atoms with Crippen LogP contribution in [0.4, 0.5) is 0 Å². The summed E-state index contributed by atoms with van der Waals surface area (Å²) in [5.41, 5.74) is 0. The molecule has 0 aliphatic rings. The second-order valence-corrected chi connectivity index (χ2v) is 6.02. The Morgan fingerprint density at radius 3 is 2.43 bits per heavy atom. The van der Waals surface area contributed by atoms with Gasteiger partial charge < -0.3 is 9.47 Å².